The van der Waals surface area contributed by atoms with E-state index in [1.54, 1.807) is 12.5 Å². The Bertz CT molecular complexity index is 2510. The molecule has 0 bridgehead atoms. The predicted octanol–water partition coefficient (Wildman–Crippen LogP) is 10.0. The molecule has 10 nitrogen and oxygen atoms in total. The number of hydrogen-bond acceptors (Lipinski definition) is 10. The maximum atomic E-state index is 12.6. The molecular weight excluding hydrogens is 940 g/mol. The van der Waals surface area contributed by atoms with Gasteiger partial charge in [-0.2, -0.15) is 0 Å². The number of fused-ring (bicyclic) bond motifs is 6. The van der Waals surface area contributed by atoms with Gasteiger partial charge in [0.25, 0.3) is 0 Å². The Balaban J connectivity index is 0.000000203. The minimum atomic E-state index is -0.263. The molecule has 2 aliphatic carbocycles. The van der Waals surface area contributed by atoms with Crippen LogP contribution >= 0.6 is 0 Å². The van der Waals surface area contributed by atoms with Gasteiger partial charge in [0.1, 0.15) is 52.4 Å². The first-order chi connectivity index (χ1) is 28.7. The van der Waals surface area contributed by atoms with Crippen molar-refractivity contribution in [1.82, 2.24) is 9.80 Å². The van der Waals surface area contributed by atoms with Crippen LogP contribution in [0.5, 0.6) is 11.5 Å². The number of Topliss-reactive ketones (excluding diaryl/α,β-unsaturated/α-hetero) is 4. The Labute approximate surface area is 372 Å². The minimum absolute atomic E-state index is 0. The summed E-state index contributed by atoms with van der Waals surface area (Å²) in [6.07, 6.45) is 10.1. The average molecular weight is 998 g/mol. The Morgan fingerprint density at radius 3 is 1.66 bits per heavy atom. The van der Waals surface area contributed by atoms with Crippen LogP contribution in [0.4, 0.5) is 0 Å². The van der Waals surface area contributed by atoms with Crippen LogP contribution < -0.4 is 9.47 Å². The van der Waals surface area contributed by atoms with Crippen molar-refractivity contribution in [3.63, 3.8) is 0 Å². The fourth-order valence-electron chi connectivity index (χ4n) is 9.09. The summed E-state index contributed by atoms with van der Waals surface area (Å²) < 4.78 is 23.4. The van der Waals surface area contributed by atoms with Crippen LogP contribution in [-0.4, -0.2) is 85.9 Å². The second-order valence-corrected chi connectivity index (χ2v) is 16.6. The van der Waals surface area contributed by atoms with Crippen molar-refractivity contribution in [3.8, 4) is 11.5 Å². The summed E-state index contributed by atoms with van der Waals surface area (Å²) in [5.41, 5.74) is 3.36. The van der Waals surface area contributed by atoms with Gasteiger partial charge in [0, 0.05) is 80.2 Å². The molecule has 0 spiro atoms. The largest absolute Gasteiger partial charge is 0.494 e. The molecule has 0 radical (unpaired) electrons. The molecule has 2 aromatic heterocycles. The number of nitrogens with zero attached hydrogens (tertiary/aromatic N) is 2. The summed E-state index contributed by atoms with van der Waals surface area (Å²) in [7, 11) is 4.38. The first kappa shape index (κ1) is 45.9. The third-order valence-electron chi connectivity index (χ3n) is 12.6. The van der Waals surface area contributed by atoms with Crippen LogP contribution in [0.25, 0.3) is 43.5 Å². The summed E-state index contributed by atoms with van der Waals surface area (Å²) >= 11 is 0. The van der Waals surface area contributed by atoms with E-state index in [9.17, 15) is 19.2 Å². The molecule has 3 aliphatic rings. The van der Waals surface area contributed by atoms with Crippen molar-refractivity contribution in [2.24, 2.45) is 0 Å². The summed E-state index contributed by atoms with van der Waals surface area (Å²) in [6.45, 7) is 6.73. The zero-order valence-electron chi connectivity index (χ0n) is 35.8. The Morgan fingerprint density at radius 2 is 1.18 bits per heavy atom. The van der Waals surface area contributed by atoms with E-state index in [4.69, 9.17) is 18.3 Å². The molecule has 61 heavy (non-hydrogen) atoms. The quantitative estimate of drug-likeness (QED) is 0.0705. The second kappa shape index (κ2) is 20.5. The van der Waals surface area contributed by atoms with Gasteiger partial charge in [-0.25, -0.2) is 0 Å². The molecule has 6 aromatic rings. The molecule has 0 N–H and O–H groups in total. The van der Waals surface area contributed by atoms with E-state index in [0.29, 0.717) is 44.9 Å². The topological polar surface area (TPSA) is 120 Å². The standard InChI is InChI=1S/C27H32N2O4.C22H22O4.CH3.W/c1-28-11-9-19(10-12-28)29(2)13-14-32-21-5-7-22-18(15-21)3-8-26-27(22)24(17-33-26)23-6-4-20(30)16-25(23)31;1-2-3-10-25-16-6-8-17-14(11-16)4-9-21-22(17)19(13-26-21)18-7-5-15(23)12-20(18)24;;/h3,5,7-8,15,17,19,23H,4,6,9-14,16H2,1-2H3;4,6,8-9,11,13,18H,2-3,5,7,10,12H2,1H3;1H3;/q;;-1;. The van der Waals surface area contributed by atoms with Gasteiger partial charge in [0.05, 0.1) is 32.0 Å². The SMILES string of the molecule is CCCCOc1ccc2c(ccc3occ(C4CCC(=O)CC4=O)c32)c1.CN1CCC(N(C)CCOc2ccc3c(ccc4occ(C5CCC(=O)CC5=O)c43)c2)CC1.[CH3-].[W]. The molecule has 3 fully saturated rings. The summed E-state index contributed by atoms with van der Waals surface area (Å²) in [6, 6.07) is 20.8. The smallest absolute Gasteiger partial charge is 0.147 e. The van der Waals surface area contributed by atoms with Gasteiger partial charge in [-0.15, -0.1) is 0 Å². The van der Waals surface area contributed by atoms with E-state index in [0.717, 1.165) is 98.6 Å². The fourth-order valence-corrected chi connectivity index (χ4v) is 9.09. The van der Waals surface area contributed by atoms with Gasteiger partial charge in [-0.1, -0.05) is 25.5 Å². The van der Waals surface area contributed by atoms with E-state index < -0.39 is 0 Å². The molecule has 3 heterocycles. The fraction of sp³-hybridized carbons (Fsp3) is 0.420. The number of hydrogen-bond donors (Lipinski definition) is 0. The van der Waals surface area contributed by atoms with Crippen LogP contribution in [0.1, 0.15) is 94.1 Å². The van der Waals surface area contributed by atoms with Crippen molar-refractivity contribution in [1.29, 1.82) is 0 Å². The van der Waals surface area contributed by atoms with Crippen LogP contribution in [0.3, 0.4) is 0 Å². The molecule has 9 rings (SSSR count). The van der Waals surface area contributed by atoms with Gasteiger partial charge in [-0.05, 0) is 129 Å². The maximum absolute atomic E-state index is 12.6. The molecule has 1 aliphatic heterocycles. The number of rotatable bonds is 11. The molecule has 4 aromatic carbocycles. The Hall–Kier alpha value is -4.63. The summed E-state index contributed by atoms with van der Waals surface area (Å²) in [5, 5.41) is 6.19. The van der Waals surface area contributed by atoms with Crippen LogP contribution in [-0.2, 0) is 40.2 Å². The zero-order valence-corrected chi connectivity index (χ0v) is 38.8. The van der Waals surface area contributed by atoms with Crippen LogP contribution in [0.15, 0.2) is 82.0 Å². The summed E-state index contributed by atoms with van der Waals surface area (Å²) in [4.78, 5) is 53.0. The van der Waals surface area contributed by atoms with E-state index in [1.165, 1.54) is 12.8 Å². The summed E-state index contributed by atoms with van der Waals surface area (Å²) in [5.74, 6) is 1.27. The van der Waals surface area contributed by atoms with Crippen molar-refractivity contribution in [2.75, 3.05) is 46.9 Å². The van der Waals surface area contributed by atoms with Gasteiger partial charge in [-0.3, -0.25) is 24.1 Å². The van der Waals surface area contributed by atoms with E-state index in [-0.39, 0.29) is 76.3 Å². The van der Waals surface area contributed by atoms with Crippen molar-refractivity contribution in [3.05, 3.63) is 91.7 Å². The number of likely N-dealkylation sites (tertiary alicyclic amines) is 1. The van der Waals surface area contributed by atoms with Crippen molar-refractivity contribution < 1.29 is 58.6 Å². The number of ether oxygens (including phenoxy) is 2. The van der Waals surface area contributed by atoms with Crippen LogP contribution in [0.2, 0.25) is 0 Å². The zero-order chi connectivity index (χ0) is 41.0. The normalized spacial score (nSPS) is 19.0. The third-order valence-corrected chi connectivity index (χ3v) is 12.6. The molecule has 0 amide bonds. The van der Waals surface area contributed by atoms with Gasteiger partial charge >= 0.3 is 0 Å². The number of furan rings is 2. The Kier molecular flexibility index (Phi) is 15.4. The number of carbonyl (C=O) groups is 4. The average Bonchev–Trinajstić information content (AvgIpc) is 3.87. The molecule has 1 saturated heterocycles. The number of ketones is 4. The predicted molar refractivity (Wildman–Crippen MR) is 236 cm³/mol. The number of benzene rings is 4. The van der Waals surface area contributed by atoms with Crippen molar-refractivity contribution in [2.45, 2.75) is 89.0 Å². The van der Waals surface area contributed by atoms with Gasteiger partial charge in [0.15, 0.2) is 0 Å². The van der Waals surface area contributed by atoms with E-state index in [2.05, 4.69) is 43.0 Å². The number of likely N-dealkylation sites (N-methyl/N-ethyl adjacent to an activating group) is 1. The number of piperidine rings is 1. The van der Waals surface area contributed by atoms with Crippen LogP contribution in [0, 0.1) is 7.43 Å². The minimum Gasteiger partial charge on any atom is -0.494 e. The second-order valence-electron chi connectivity index (χ2n) is 16.6. The first-order valence-corrected chi connectivity index (χ1v) is 21.3. The van der Waals surface area contributed by atoms with Gasteiger partial charge in [0.2, 0.25) is 0 Å². The van der Waals surface area contributed by atoms with Gasteiger partial charge < -0.3 is 30.6 Å². The van der Waals surface area contributed by atoms with Crippen molar-refractivity contribution >= 4 is 66.6 Å². The molecule has 2 atom stereocenters. The molecule has 2 unspecified atom stereocenters. The van der Waals surface area contributed by atoms with E-state index in [1.807, 2.05) is 48.5 Å². The first-order valence-electron chi connectivity index (χ1n) is 21.3. The number of carbonyl (C=O) groups excluding carboxylic acids is 4. The molecule has 2 saturated carbocycles. The molecule has 11 heteroatoms. The molecule has 322 valence electrons. The maximum Gasteiger partial charge on any atom is 0.147 e. The monoisotopic (exact) mass is 997 g/mol. The number of unbranched alkanes of at least 4 members (excludes halogenated alkanes) is 1. The molecular formula is C50H57N2O8W-. The third kappa shape index (κ3) is 10.2. The Morgan fingerprint density at radius 1 is 0.689 bits per heavy atom. The van der Waals surface area contributed by atoms with E-state index >= 15 is 0 Å².